The standard InChI is InChI=1S/C50H100O2/c1-7-12-17-21-24-25-26-27-28-31-32-36-41-47(40-35-16-11-5)45-50(6,44-39-20-15-10-4)49(51)52-46-48(42-37-33-29-22-18-13-8-2)43-38-34-30-23-19-14-9-3/h47-48H,7-46H2,1-6H3. The van der Waals surface area contributed by atoms with Crippen LogP contribution in [0.25, 0.3) is 0 Å². The van der Waals surface area contributed by atoms with E-state index in [9.17, 15) is 4.79 Å². The molecule has 0 aliphatic rings. The average molecular weight is 733 g/mol. The fourth-order valence-electron chi connectivity index (χ4n) is 8.63. The number of esters is 1. The molecule has 0 saturated heterocycles. The minimum Gasteiger partial charge on any atom is -0.465 e. The number of rotatable bonds is 43. The molecule has 2 atom stereocenters. The first kappa shape index (κ1) is 51.5. The Bertz CT molecular complexity index is 684. The van der Waals surface area contributed by atoms with E-state index in [0.717, 1.165) is 12.8 Å². The van der Waals surface area contributed by atoms with E-state index in [0.29, 0.717) is 18.4 Å². The molecule has 0 aliphatic heterocycles. The molecule has 0 spiro atoms. The molecule has 0 fully saturated rings. The summed E-state index contributed by atoms with van der Waals surface area (Å²) in [4.78, 5) is 14.2. The van der Waals surface area contributed by atoms with Crippen LogP contribution in [0.15, 0.2) is 0 Å². The molecule has 2 heteroatoms. The highest BCUT2D eigenvalue weighted by Crippen LogP contribution is 2.38. The number of carbonyl (C=O) groups excluding carboxylic acids is 1. The van der Waals surface area contributed by atoms with Crippen molar-refractivity contribution < 1.29 is 9.53 Å². The third-order valence-electron chi connectivity index (χ3n) is 12.4. The Hall–Kier alpha value is -0.530. The van der Waals surface area contributed by atoms with E-state index >= 15 is 0 Å². The lowest BCUT2D eigenvalue weighted by Gasteiger charge is -2.32. The highest BCUT2D eigenvalue weighted by molar-refractivity contribution is 5.76. The lowest BCUT2D eigenvalue weighted by molar-refractivity contribution is -0.158. The van der Waals surface area contributed by atoms with Crippen molar-refractivity contribution in [2.75, 3.05) is 6.61 Å². The molecule has 0 amide bonds. The van der Waals surface area contributed by atoms with Crippen molar-refractivity contribution in [1.82, 2.24) is 0 Å². The van der Waals surface area contributed by atoms with Gasteiger partial charge < -0.3 is 4.74 Å². The molecule has 312 valence electrons. The van der Waals surface area contributed by atoms with E-state index in [1.165, 1.54) is 238 Å². The van der Waals surface area contributed by atoms with Crippen molar-refractivity contribution in [3.8, 4) is 0 Å². The quantitative estimate of drug-likeness (QED) is 0.0461. The van der Waals surface area contributed by atoms with Crippen LogP contribution in [0.4, 0.5) is 0 Å². The molecule has 0 aromatic carbocycles. The van der Waals surface area contributed by atoms with Gasteiger partial charge in [0.1, 0.15) is 0 Å². The van der Waals surface area contributed by atoms with Gasteiger partial charge in [-0.1, -0.05) is 259 Å². The minimum absolute atomic E-state index is 0.142. The Morgan fingerprint density at radius 3 is 1.02 bits per heavy atom. The summed E-state index contributed by atoms with van der Waals surface area (Å²) in [6.07, 6.45) is 51.9. The molecular weight excluding hydrogens is 633 g/mol. The topological polar surface area (TPSA) is 26.3 Å². The first-order chi connectivity index (χ1) is 25.5. The number of hydrogen-bond donors (Lipinski definition) is 0. The molecule has 0 aromatic heterocycles. The van der Waals surface area contributed by atoms with Gasteiger partial charge in [-0.05, 0) is 44.4 Å². The van der Waals surface area contributed by atoms with Gasteiger partial charge in [-0.15, -0.1) is 0 Å². The van der Waals surface area contributed by atoms with E-state index in [1.807, 2.05) is 0 Å². The van der Waals surface area contributed by atoms with Crippen molar-refractivity contribution >= 4 is 5.97 Å². The summed E-state index contributed by atoms with van der Waals surface area (Å²) in [5.74, 6) is 1.35. The molecule has 2 nitrogen and oxygen atoms in total. The number of carbonyl (C=O) groups is 1. The first-order valence-corrected chi connectivity index (χ1v) is 24.6. The summed E-state index contributed by atoms with van der Waals surface area (Å²) >= 11 is 0. The van der Waals surface area contributed by atoms with Crippen LogP contribution in [-0.2, 0) is 9.53 Å². The molecule has 0 aliphatic carbocycles. The van der Waals surface area contributed by atoms with Crippen molar-refractivity contribution in [1.29, 1.82) is 0 Å². The molecule has 0 rings (SSSR count). The monoisotopic (exact) mass is 733 g/mol. The van der Waals surface area contributed by atoms with Crippen molar-refractivity contribution in [2.24, 2.45) is 17.3 Å². The zero-order chi connectivity index (χ0) is 38.2. The second-order valence-corrected chi connectivity index (χ2v) is 17.9. The maximum Gasteiger partial charge on any atom is 0.311 e. The molecule has 0 bridgehead atoms. The van der Waals surface area contributed by atoms with Gasteiger partial charge in [-0.2, -0.15) is 0 Å². The van der Waals surface area contributed by atoms with Crippen LogP contribution < -0.4 is 0 Å². The molecular formula is C50H100O2. The SMILES string of the molecule is CCCCCCCCCCCCCCC(CCCCC)CC(C)(CCCCCC)C(=O)OCC(CCCCCCCCC)CCCCCCCCC. The predicted octanol–water partition coefficient (Wildman–Crippen LogP) is 18.1. The van der Waals surface area contributed by atoms with Gasteiger partial charge in [-0.3, -0.25) is 4.79 Å². The second kappa shape index (κ2) is 40.1. The summed E-state index contributed by atoms with van der Waals surface area (Å²) in [7, 11) is 0. The summed E-state index contributed by atoms with van der Waals surface area (Å²) in [5.41, 5.74) is -0.329. The van der Waals surface area contributed by atoms with Crippen LogP contribution >= 0.6 is 0 Å². The van der Waals surface area contributed by atoms with E-state index in [4.69, 9.17) is 4.74 Å². The van der Waals surface area contributed by atoms with Crippen LogP contribution in [0.3, 0.4) is 0 Å². The van der Waals surface area contributed by atoms with Crippen LogP contribution in [0.1, 0.15) is 292 Å². The fraction of sp³-hybridized carbons (Fsp3) is 0.980. The average Bonchev–Trinajstić information content (AvgIpc) is 3.14. The second-order valence-electron chi connectivity index (χ2n) is 17.9. The molecule has 0 radical (unpaired) electrons. The van der Waals surface area contributed by atoms with E-state index < -0.39 is 0 Å². The molecule has 52 heavy (non-hydrogen) atoms. The van der Waals surface area contributed by atoms with Crippen LogP contribution in [0.2, 0.25) is 0 Å². The Labute approximate surface area is 330 Å². The normalized spacial score (nSPS) is 13.5. The molecule has 2 unspecified atom stereocenters. The van der Waals surface area contributed by atoms with Gasteiger partial charge in [0.25, 0.3) is 0 Å². The van der Waals surface area contributed by atoms with Crippen LogP contribution in [0, 0.1) is 17.3 Å². The van der Waals surface area contributed by atoms with Crippen molar-refractivity contribution in [3.05, 3.63) is 0 Å². The number of unbranched alkanes of at least 4 members (excludes halogenated alkanes) is 28. The van der Waals surface area contributed by atoms with Gasteiger partial charge >= 0.3 is 5.97 Å². The lowest BCUT2D eigenvalue weighted by Crippen LogP contribution is -2.33. The molecule has 0 saturated carbocycles. The smallest absolute Gasteiger partial charge is 0.311 e. The van der Waals surface area contributed by atoms with Gasteiger partial charge in [0.15, 0.2) is 0 Å². The summed E-state index contributed by atoms with van der Waals surface area (Å²) in [5, 5.41) is 0. The molecule has 0 aromatic rings. The Kier molecular flexibility index (Phi) is 39.7. The van der Waals surface area contributed by atoms with Gasteiger partial charge in [0.05, 0.1) is 12.0 Å². The maximum absolute atomic E-state index is 14.2. The van der Waals surface area contributed by atoms with Gasteiger partial charge in [-0.25, -0.2) is 0 Å². The zero-order valence-corrected chi connectivity index (χ0v) is 37.3. The predicted molar refractivity (Wildman–Crippen MR) is 234 cm³/mol. The third kappa shape index (κ3) is 32.9. The number of ether oxygens (including phenoxy) is 1. The zero-order valence-electron chi connectivity index (χ0n) is 37.3. The lowest BCUT2D eigenvalue weighted by atomic mass is 9.74. The van der Waals surface area contributed by atoms with E-state index in [2.05, 4.69) is 41.5 Å². The van der Waals surface area contributed by atoms with Crippen molar-refractivity contribution in [2.45, 2.75) is 292 Å². The maximum atomic E-state index is 14.2. The van der Waals surface area contributed by atoms with Crippen molar-refractivity contribution in [3.63, 3.8) is 0 Å². The highest BCUT2D eigenvalue weighted by atomic mass is 16.5. The Morgan fingerprint density at radius 1 is 0.385 bits per heavy atom. The molecule has 0 N–H and O–H groups in total. The summed E-state index contributed by atoms with van der Waals surface area (Å²) < 4.78 is 6.45. The summed E-state index contributed by atoms with van der Waals surface area (Å²) in [6, 6.07) is 0. The fourth-order valence-corrected chi connectivity index (χ4v) is 8.63. The van der Waals surface area contributed by atoms with Crippen LogP contribution in [-0.4, -0.2) is 12.6 Å². The Morgan fingerprint density at radius 2 is 0.654 bits per heavy atom. The third-order valence-corrected chi connectivity index (χ3v) is 12.4. The first-order valence-electron chi connectivity index (χ1n) is 24.6. The minimum atomic E-state index is -0.329. The van der Waals surface area contributed by atoms with E-state index in [-0.39, 0.29) is 11.4 Å². The summed E-state index contributed by atoms with van der Waals surface area (Å²) in [6.45, 7) is 14.5. The largest absolute Gasteiger partial charge is 0.465 e. The highest BCUT2D eigenvalue weighted by Gasteiger charge is 2.37. The van der Waals surface area contributed by atoms with E-state index in [1.54, 1.807) is 0 Å². The van der Waals surface area contributed by atoms with Gasteiger partial charge in [0, 0.05) is 0 Å². The Balaban J connectivity index is 5.19. The number of hydrogen-bond acceptors (Lipinski definition) is 2. The van der Waals surface area contributed by atoms with Gasteiger partial charge in [0.2, 0.25) is 0 Å². The van der Waals surface area contributed by atoms with Crippen LogP contribution in [0.5, 0.6) is 0 Å². The molecule has 0 heterocycles.